The summed E-state index contributed by atoms with van der Waals surface area (Å²) in [6.07, 6.45) is 1.39. The third-order valence-corrected chi connectivity index (χ3v) is 1.46. The number of nitrogens with zero attached hydrogens (tertiary/aromatic N) is 1. The molecule has 0 bridgehead atoms. The van der Waals surface area contributed by atoms with E-state index < -0.39 is 5.92 Å². The highest BCUT2D eigenvalue weighted by Gasteiger charge is 2.15. The molecule has 0 radical (unpaired) electrons. The smallest absolute Gasteiger partial charge is 0.237 e. The fourth-order valence-corrected chi connectivity index (χ4v) is 0.845. The van der Waals surface area contributed by atoms with Gasteiger partial charge in [-0.15, -0.1) is 0 Å². The van der Waals surface area contributed by atoms with Crippen LogP contribution < -0.4 is 5.32 Å². The number of amides is 1. The van der Waals surface area contributed by atoms with Crippen molar-refractivity contribution in [1.82, 2.24) is 5.32 Å². The Kier molecular flexibility index (Phi) is 6.02. The van der Waals surface area contributed by atoms with Crippen LogP contribution in [0.15, 0.2) is 0 Å². The Morgan fingerprint density at radius 2 is 2.42 bits per heavy atom. The number of hydrogen-bond acceptors (Lipinski definition) is 3. The second-order valence-electron chi connectivity index (χ2n) is 2.48. The molecule has 0 saturated heterocycles. The predicted octanol–water partition coefficient (Wildman–Crippen LogP) is 0.0348. The second-order valence-corrected chi connectivity index (χ2v) is 2.48. The van der Waals surface area contributed by atoms with Crippen molar-refractivity contribution in [3.8, 4) is 6.07 Å². The molecule has 1 amide bonds. The zero-order chi connectivity index (χ0) is 9.40. The van der Waals surface area contributed by atoms with Crippen LogP contribution in [0.3, 0.4) is 0 Å². The molecule has 0 saturated carbocycles. The Hall–Kier alpha value is -1.08. The van der Waals surface area contributed by atoms with Gasteiger partial charge in [0.25, 0.3) is 0 Å². The van der Waals surface area contributed by atoms with Crippen LogP contribution >= 0.6 is 0 Å². The average molecular weight is 170 g/mol. The van der Waals surface area contributed by atoms with E-state index in [1.54, 1.807) is 0 Å². The SMILES string of the molecule is CCCC(C#N)C(=O)NCCO. The van der Waals surface area contributed by atoms with E-state index in [0.717, 1.165) is 6.42 Å². The Morgan fingerprint density at radius 3 is 2.83 bits per heavy atom. The van der Waals surface area contributed by atoms with Crippen LogP contribution in [0.5, 0.6) is 0 Å². The van der Waals surface area contributed by atoms with Crippen LogP contribution in [0.2, 0.25) is 0 Å². The van der Waals surface area contributed by atoms with Gasteiger partial charge in [-0.3, -0.25) is 4.79 Å². The van der Waals surface area contributed by atoms with Crippen molar-refractivity contribution in [3.63, 3.8) is 0 Å². The van der Waals surface area contributed by atoms with Gasteiger partial charge in [-0.05, 0) is 6.42 Å². The summed E-state index contributed by atoms with van der Waals surface area (Å²) >= 11 is 0. The quantitative estimate of drug-likeness (QED) is 0.611. The molecule has 4 nitrogen and oxygen atoms in total. The van der Waals surface area contributed by atoms with Crippen molar-refractivity contribution in [3.05, 3.63) is 0 Å². The summed E-state index contributed by atoms with van der Waals surface area (Å²) in [5.74, 6) is -0.852. The highest BCUT2D eigenvalue weighted by atomic mass is 16.3. The number of rotatable bonds is 5. The molecule has 1 atom stereocenters. The zero-order valence-electron chi connectivity index (χ0n) is 7.21. The van der Waals surface area contributed by atoms with Gasteiger partial charge in [0.15, 0.2) is 0 Å². The van der Waals surface area contributed by atoms with Gasteiger partial charge >= 0.3 is 0 Å². The first-order valence-electron chi connectivity index (χ1n) is 4.04. The highest BCUT2D eigenvalue weighted by Crippen LogP contribution is 2.03. The van der Waals surface area contributed by atoms with Gasteiger partial charge in [-0.25, -0.2) is 0 Å². The molecule has 0 aromatic heterocycles. The lowest BCUT2D eigenvalue weighted by atomic mass is 10.1. The Morgan fingerprint density at radius 1 is 1.75 bits per heavy atom. The first kappa shape index (κ1) is 10.9. The molecule has 12 heavy (non-hydrogen) atoms. The van der Waals surface area contributed by atoms with E-state index in [1.165, 1.54) is 0 Å². The Labute approximate surface area is 72.2 Å². The van der Waals surface area contributed by atoms with Gasteiger partial charge in [-0.1, -0.05) is 13.3 Å². The van der Waals surface area contributed by atoms with Crippen molar-refractivity contribution >= 4 is 5.91 Å². The third-order valence-electron chi connectivity index (χ3n) is 1.46. The lowest BCUT2D eigenvalue weighted by molar-refractivity contribution is -0.123. The van der Waals surface area contributed by atoms with Crippen molar-refractivity contribution < 1.29 is 9.90 Å². The topological polar surface area (TPSA) is 73.1 Å². The summed E-state index contributed by atoms with van der Waals surface area (Å²) in [5.41, 5.74) is 0. The predicted molar refractivity (Wildman–Crippen MR) is 44.1 cm³/mol. The molecule has 2 N–H and O–H groups in total. The van der Waals surface area contributed by atoms with Crippen LogP contribution in [0.25, 0.3) is 0 Å². The van der Waals surface area contributed by atoms with Crippen molar-refractivity contribution in [2.45, 2.75) is 19.8 Å². The highest BCUT2D eigenvalue weighted by molar-refractivity contribution is 5.80. The van der Waals surface area contributed by atoms with E-state index in [0.29, 0.717) is 6.42 Å². The lowest BCUT2D eigenvalue weighted by Gasteiger charge is -2.06. The van der Waals surface area contributed by atoms with Gasteiger partial charge < -0.3 is 10.4 Å². The van der Waals surface area contributed by atoms with Gasteiger partial charge in [0, 0.05) is 6.54 Å². The van der Waals surface area contributed by atoms with Crippen LogP contribution in [0, 0.1) is 17.2 Å². The third kappa shape index (κ3) is 3.94. The van der Waals surface area contributed by atoms with Crippen molar-refractivity contribution in [2.75, 3.05) is 13.2 Å². The molecule has 0 fully saturated rings. The van der Waals surface area contributed by atoms with E-state index in [2.05, 4.69) is 5.32 Å². The van der Waals surface area contributed by atoms with E-state index in [1.807, 2.05) is 13.0 Å². The van der Waals surface area contributed by atoms with E-state index in [9.17, 15) is 4.79 Å². The fraction of sp³-hybridized carbons (Fsp3) is 0.750. The van der Waals surface area contributed by atoms with Crippen molar-refractivity contribution in [1.29, 1.82) is 5.26 Å². The molecule has 0 heterocycles. The first-order valence-corrected chi connectivity index (χ1v) is 4.04. The maximum Gasteiger partial charge on any atom is 0.237 e. The lowest BCUT2D eigenvalue weighted by Crippen LogP contribution is -2.32. The molecule has 68 valence electrons. The summed E-state index contributed by atoms with van der Waals surface area (Å²) in [7, 11) is 0. The van der Waals surface area contributed by atoms with E-state index in [-0.39, 0.29) is 19.1 Å². The zero-order valence-corrected chi connectivity index (χ0v) is 7.21. The molecule has 0 spiro atoms. The Balaban J connectivity index is 3.79. The van der Waals surface area contributed by atoms with E-state index >= 15 is 0 Å². The summed E-state index contributed by atoms with van der Waals surface area (Å²) in [6.45, 7) is 2.06. The molecule has 0 aliphatic rings. The first-order chi connectivity index (χ1) is 5.76. The van der Waals surface area contributed by atoms with Gasteiger partial charge in [0.05, 0.1) is 12.7 Å². The number of carbonyl (C=O) groups is 1. The number of aliphatic hydroxyl groups is 1. The average Bonchev–Trinajstić information content (AvgIpc) is 2.10. The maximum absolute atomic E-state index is 11.1. The number of aliphatic hydroxyl groups excluding tert-OH is 1. The molecule has 0 aromatic rings. The van der Waals surface area contributed by atoms with Crippen LogP contribution in [-0.2, 0) is 4.79 Å². The second kappa shape index (κ2) is 6.62. The van der Waals surface area contributed by atoms with E-state index in [4.69, 9.17) is 10.4 Å². The maximum atomic E-state index is 11.1. The minimum Gasteiger partial charge on any atom is -0.395 e. The molecule has 4 heteroatoms. The standard InChI is InChI=1S/C8H14N2O2/c1-2-3-7(6-9)8(12)10-4-5-11/h7,11H,2-5H2,1H3,(H,10,12). The fourth-order valence-electron chi connectivity index (χ4n) is 0.845. The summed E-state index contributed by atoms with van der Waals surface area (Å²) in [6, 6.07) is 1.92. The molecular weight excluding hydrogens is 156 g/mol. The number of carbonyl (C=O) groups excluding carboxylic acids is 1. The summed E-state index contributed by atoms with van der Waals surface area (Å²) < 4.78 is 0. The van der Waals surface area contributed by atoms with Crippen LogP contribution in [0.1, 0.15) is 19.8 Å². The van der Waals surface area contributed by atoms with Gasteiger partial charge in [0.2, 0.25) is 5.91 Å². The molecular formula is C8H14N2O2. The molecule has 1 unspecified atom stereocenters. The van der Waals surface area contributed by atoms with Crippen LogP contribution in [0.4, 0.5) is 0 Å². The van der Waals surface area contributed by atoms with Crippen LogP contribution in [-0.4, -0.2) is 24.2 Å². The number of nitrogens with one attached hydrogen (secondary N) is 1. The summed E-state index contributed by atoms with van der Waals surface area (Å²) in [5, 5.41) is 19.4. The largest absolute Gasteiger partial charge is 0.395 e. The molecule has 0 aromatic carbocycles. The minimum atomic E-state index is -0.568. The number of hydrogen-bond donors (Lipinski definition) is 2. The molecule has 0 aliphatic carbocycles. The molecule has 0 aliphatic heterocycles. The molecule has 0 rings (SSSR count). The van der Waals surface area contributed by atoms with Crippen molar-refractivity contribution in [2.24, 2.45) is 5.92 Å². The number of nitriles is 1. The summed E-state index contributed by atoms with van der Waals surface area (Å²) in [4.78, 5) is 11.1. The van der Waals surface area contributed by atoms with Gasteiger partial charge in [0.1, 0.15) is 5.92 Å². The minimum absolute atomic E-state index is 0.0873. The Bertz CT molecular complexity index is 174. The van der Waals surface area contributed by atoms with Gasteiger partial charge in [-0.2, -0.15) is 5.26 Å². The normalized spacial score (nSPS) is 11.8. The monoisotopic (exact) mass is 170 g/mol.